The summed E-state index contributed by atoms with van der Waals surface area (Å²) in [5.41, 5.74) is 2.42. The molecule has 0 aliphatic carbocycles. The molecule has 0 saturated carbocycles. The molecule has 158 valence electrons. The van der Waals surface area contributed by atoms with Crippen LogP contribution in [0.1, 0.15) is 49.9 Å². The van der Waals surface area contributed by atoms with Gasteiger partial charge in [-0.05, 0) is 49.1 Å². The monoisotopic (exact) mass is 427 g/mol. The molecule has 5 nitrogen and oxygen atoms in total. The first kappa shape index (κ1) is 21.9. The van der Waals surface area contributed by atoms with Crippen molar-refractivity contribution in [1.82, 2.24) is 4.90 Å². The van der Waals surface area contributed by atoms with E-state index in [1.807, 2.05) is 38.1 Å². The van der Waals surface area contributed by atoms with Crippen LogP contribution in [-0.2, 0) is 16.0 Å². The van der Waals surface area contributed by atoms with Gasteiger partial charge < -0.3 is 14.7 Å². The zero-order chi connectivity index (χ0) is 21.8. The number of ether oxygens (including phenoxy) is 1. The van der Waals surface area contributed by atoms with Crippen LogP contribution >= 0.6 is 11.6 Å². The Balaban J connectivity index is 2.16. The smallest absolute Gasteiger partial charge is 0.295 e. The topological polar surface area (TPSA) is 66.8 Å². The van der Waals surface area contributed by atoms with Crippen molar-refractivity contribution in [1.29, 1.82) is 0 Å². The predicted molar refractivity (Wildman–Crippen MR) is 118 cm³/mol. The second-order valence-corrected chi connectivity index (χ2v) is 7.57. The molecule has 6 heteroatoms. The maximum absolute atomic E-state index is 12.9. The number of Topliss-reactive ketones (excluding diaryl/α,β-unsaturated/α-hetero) is 1. The molecule has 0 aromatic heterocycles. The molecular weight excluding hydrogens is 402 g/mol. The standard InChI is InChI=1S/C24H26ClNO4/c1-4-13-26-21(16-9-7-15(5-2)8-10-16)20(23(28)24(26)29)22(27)17-11-12-18(25)19(14-17)30-6-3/h7-12,14,21,27H,4-6,13H2,1-3H3/b22-20-. The molecule has 3 rings (SSSR count). The summed E-state index contributed by atoms with van der Waals surface area (Å²) in [5, 5.41) is 11.5. The van der Waals surface area contributed by atoms with E-state index in [1.54, 1.807) is 18.2 Å². The average Bonchev–Trinajstić information content (AvgIpc) is 3.00. The first-order chi connectivity index (χ1) is 14.4. The van der Waals surface area contributed by atoms with Gasteiger partial charge in [-0.1, -0.05) is 49.7 Å². The first-order valence-corrected chi connectivity index (χ1v) is 10.6. The van der Waals surface area contributed by atoms with Gasteiger partial charge >= 0.3 is 0 Å². The third kappa shape index (κ3) is 4.08. The fourth-order valence-electron chi connectivity index (χ4n) is 3.71. The van der Waals surface area contributed by atoms with E-state index in [9.17, 15) is 14.7 Å². The van der Waals surface area contributed by atoms with Crippen LogP contribution in [0.5, 0.6) is 5.75 Å². The lowest BCUT2D eigenvalue weighted by molar-refractivity contribution is -0.139. The van der Waals surface area contributed by atoms with Gasteiger partial charge in [0, 0.05) is 12.1 Å². The highest BCUT2D eigenvalue weighted by Gasteiger charge is 2.45. The van der Waals surface area contributed by atoms with Gasteiger partial charge in [-0.25, -0.2) is 0 Å². The van der Waals surface area contributed by atoms with Crippen molar-refractivity contribution < 1.29 is 19.4 Å². The van der Waals surface area contributed by atoms with Gasteiger partial charge in [0.1, 0.15) is 11.5 Å². The average molecular weight is 428 g/mol. The number of rotatable bonds is 7. The van der Waals surface area contributed by atoms with E-state index in [4.69, 9.17) is 16.3 Å². The number of halogens is 1. The number of benzene rings is 2. The molecule has 1 saturated heterocycles. The maximum atomic E-state index is 12.9. The summed E-state index contributed by atoms with van der Waals surface area (Å²) in [6, 6.07) is 12.0. The van der Waals surface area contributed by atoms with Crippen molar-refractivity contribution >= 4 is 29.1 Å². The second kappa shape index (κ2) is 9.35. The number of likely N-dealkylation sites (tertiary alicyclic amines) is 1. The van der Waals surface area contributed by atoms with Crippen molar-refractivity contribution in [2.45, 2.75) is 39.7 Å². The number of amides is 1. The molecule has 30 heavy (non-hydrogen) atoms. The molecule has 1 atom stereocenters. The van der Waals surface area contributed by atoms with Crippen LogP contribution in [0.15, 0.2) is 48.0 Å². The predicted octanol–water partition coefficient (Wildman–Crippen LogP) is 5.13. The number of carbonyl (C=O) groups excluding carboxylic acids is 2. The lowest BCUT2D eigenvalue weighted by atomic mass is 9.94. The van der Waals surface area contributed by atoms with Crippen LogP contribution in [0, 0.1) is 0 Å². The van der Waals surface area contributed by atoms with Crippen LogP contribution in [-0.4, -0.2) is 34.8 Å². The van der Waals surface area contributed by atoms with Crippen molar-refractivity contribution in [3.05, 3.63) is 69.8 Å². The molecule has 2 aromatic rings. The highest BCUT2D eigenvalue weighted by Crippen LogP contribution is 2.40. The van der Waals surface area contributed by atoms with Crippen LogP contribution in [0.3, 0.4) is 0 Å². The fraction of sp³-hybridized carbons (Fsp3) is 0.333. The van der Waals surface area contributed by atoms with Gasteiger partial charge in [0.2, 0.25) is 0 Å². The minimum atomic E-state index is -0.682. The maximum Gasteiger partial charge on any atom is 0.295 e. The lowest BCUT2D eigenvalue weighted by Gasteiger charge is -2.25. The number of nitrogens with zero attached hydrogens (tertiary/aromatic N) is 1. The van der Waals surface area contributed by atoms with Crippen molar-refractivity contribution in [3.63, 3.8) is 0 Å². The lowest BCUT2D eigenvalue weighted by Crippen LogP contribution is -2.30. The molecule has 1 amide bonds. The van der Waals surface area contributed by atoms with Gasteiger partial charge in [0.15, 0.2) is 0 Å². The minimum Gasteiger partial charge on any atom is -0.507 e. The summed E-state index contributed by atoms with van der Waals surface area (Å²) in [7, 11) is 0. The third-order valence-electron chi connectivity index (χ3n) is 5.21. The normalized spacial score (nSPS) is 18.1. The molecule has 1 aliphatic heterocycles. The van der Waals surface area contributed by atoms with E-state index in [1.165, 1.54) is 4.90 Å². The zero-order valence-corrected chi connectivity index (χ0v) is 18.2. The molecule has 1 N–H and O–H groups in total. The molecule has 0 bridgehead atoms. The van der Waals surface area contributed by atoms with Gasteiger partial charge in [-0.15, -0.1) is 0 Å². The first-order valence-electron chi connectivity index (χ1n) is 10.2. The van der Waals surface area contributed by atoms with Crippen LogP contribution in [0.25, 0.3) is 5.76 Å². The Morgan fingerprint density at radius 1 is 1.10 bits per heavy atom. The van der Waals surface area contributed by atoms with E-state index >= 15 is 0 Å². The summed E-state index contributed by atoms with van der Waals surface area (Å²) in [4.78, 5) is 27.2. The largest absolute Gasteiger partial charge is 0.507 e. The van der Waals surface area contributed by atoms with E-state index < -0.39 is 17.7 Å². The fourth-order valence-corrected chi connectivity index (χ4v) is 3.88. The Bertz CT molecular complexity index is 981. The third-order valence-corrected chi connectivity index (χ3v) is 5.52. The SMILES string of the molecule is CCCN1C(=O)C(=O)/C(=C(\O)c2ccc(Cl)c(OCC)c2)C1c1ccc(CC)cc1. The zero-order valence-electron chi connectivity index (χ0n) is 17.4. The number of hydrogen-bond acceptors (Lipinski definition) is 4. The Labute approximate surface area is 181 Å². The van der Waals surface area contributed by atoms with E-state index in [-0.39, 0.29) is 11.3 Å². The quantitative estimate of drug-likeness (QED) is 0.377. The molecule has 1 heterocycles. The van der Waals surface area contributed by atoms with Gasteiger partial charge in [-0.2, -0.15) is 0 Å². The van der Waals surface area contributed by atoms with Crippen LogP contribution in [0.4, 0.5) is 0 Å². The van der Waals surface area contributed by atoms with Gasteiger partial charge in [0.25, 0.3) is 11.7 Å². The van der Waals surface area contributed by atoms with E-state index in [0.717, 1.165) is 17.5 Å². The number of aliphatic hydroxyl groups excluding tert-OH is 1. The van der Waals surface area contributed by atoms with Crippen molar-refractivity contribution in [2.24, 2.45) is 0 Å². The van der Waals surface area contributed by atoms with Crippen LogP contribution < -0.4 is 4.74 Å². The molecule has 0 spiro atoms. The highest BCUT2D eigenvalue weighted by atomic mass is 35.5. The molecule has 0 radical (unpaired) electrons. The minimum absolute atomic E-state index is 0.0856. The molecule has 2 aromatic carbocycles. The summed E-state index contributed by atoms with van der Waals surface area (Å²) in [6.07, 6.45) is 1.59. The van der Waals surface area contributed by atoms with Crippen molar-refractivity contribution in [3.8, 4) is 5.75 Å². The van der Waals surface area contributed by atoms with Crippen molar-refractivity contribution in [2.75, 3.05) is 13.2 Å². The molecule has 1 aliphatic rings. The number of ketones is 1. The van der Waals surface area contributed by atoms with Gasteiger partial charge in [-0.3, -0.25) is 9.59 Å². The molecular formula is C24H26ClNO4. The number of aliphatic hydroxyl groups is 1. The summed E-state index contributed by atoms with van der Waals surface area (Å²) >= 11 is 6.16. The van der Waals surface area contributed by atoms with E-state index in [0.29, 0.717) is 35.9 Å². The Hall–Kier alpha value is -2.79. The van der Waals surface area contributed by atoms with Gasteiger partial charge in [0.05, 0.1) is 23.2 Å². The summed E-state index contributed by atoms with van der Waals surface area (Å²) < 4.78 is 5.51. The van der Waals surface area contributed by atoms with Crippen LogP contribution in [0.2, 0.25) is 5.02 Å². The highest BCUT2D eigenvalue weighted by molar-refractivity contribution is 6.46. The van der Waals surface area contributed by atoms with E-state index in [2.05, 4.69) is 6.92 Å². The second-order valence-electron chi connectivity index (χ2n) is 7.17. The number of aryl methyl sites for hydroxylation is 1. The Morgan fingerprint density at radius 3 is 2.40 bits per heavy atom. The Kier molecular flexibility index (Phi) is 6.83. The Morgan fingerprint density at radius 2 is 1.80 bits per heavy atom. The molecule has 1 unspecified atom stereocenters. The summed E-state index contributed by atoms with van der Waals surface area (Å²) in [6.45, 7) is 6.68. The number of hydrogen-bond donors (Lipinski definition) is 1. The number of carbonyl (C=O) groups is 2. The molecule has 1 fully saturated rings. The summed E-state index contributed by atoms with van der Waals surface area (Å²) in [5.74, 6) is -1.09.